The number of nitrogens with one attached hydrogen (secondary N) is 1. The fourth-order valence-electron chi connectivity index (χ4n) is 1.53. The molecule has 1 rings (SSSR count). The van der Waals surface area contributed by atoms with Crippen LogP contribution in [0.3, 0.4) is 0 Å². The first-order valence-corrected chi connectivity index (χ1v) is 6.36. The highest BCUT2D eigenvalue weighted by atomic mass is 79.9. The quantitative estimate of drug-likeness (QED) is 0.908. The van der Waals surface area contributed by atoms with E-state index >= 15 is 0 Å². The summed E-state index contributed by atoms with van der Waals surface area (Å²) in [5.41, 5.74) is 2.25. The Kier molecular flexibility index (Phi) is 5.65. The summed E-state index contributed by atoms with van der Waals surface area (Å²) in [6.07, 6.45) is 0. The lowest BCUT2D eigenvalue weighted by atomic mass is 10.1. The second-order valence-corrected chi connectivity index (χ2v) is 4.92. The molecule has 94 valence electrons. The number of rotatable bonds is 5. The van der Waals surface area contributed by atoms with Crippen molar-refractivity contribution in [1.29, 1.82) is 0 Å². The van der Waals surface area contributed by atoms with Gasteiger partial charge in [0, 0.05) is 18.1 Å². The lowest BCUT2D eigenvalue weighted by Gasteiger charge is -2.12. The van der Waals surface area contributed by atoms with Gasteiger partial charge in [0.15, 0.2) is 0 Å². The van der Waals surface area contributed by atoms with Gasteiger partial charge < -0.3 is 10.1 Å². The molecule has 0 aliphatic carbocycles. The van der Waals surface area contributed by atoms with Crippen LogP contribution in [0.15, 0.2) is 22.7 Å². The number of methoxy groups -OCH3 is 1. The van der Waals surface area contributed by atoms with Crippen LogP contribution in [0.25, 0.3) is 0 Å². The maximum absolute atomic E-state index is 11.7. The highest BCUT2D eigenvalue weighted by Crippen LogP contribution is 2.20. The molecule has 1 N–H and O–H groups in total. The molecule has 0 bridgehead atoms. The van der Waals surface area contributed by atoms with Crippen molar-refractivity contribution in [2.24, 2.45) is 5.92 Å². The third-order valence-electron chi connectivity index (χ3n) is 2.59. The third-order valence-corrected chi connectivity index (χ3v) is 3.72. The highest BCUT2D eigenvalue weighted by molar-refractivity contribution is 9.10. The molecule has 1 amide bonds. The second-order valence-electron chi connectivity index (χ2n) is 4.12. The number of carbonyl (C=O) groups excluding carboxylic acids is 1. The maximum Gasteiger partial charge on any atom is 0.225 e. The Hall–Kier alpha value is -0.870. The summed E-state index contributed by atoms with van der Waals surface area (Å²) >= 11 is 3.52. The second kappa shape index (κ2) is 6.77. The van der Waals surface area contributed by atoms with Gasteiger partial charge in [0.05, 0.1) is 12.5 Å². The summed E-state index contributed by atoms with van der Waals surface area (Å²) in [7, 11) is 1.60. The zero-order valence-corrected chi connectivity index (χ0v) is 12.0. The summed E-state index contributed by atoms with van der Waals surface area (Å²) in [4.78, 5) is 11.7. The molecule has 17 heavy (non-hydrogen) atoms. The predicted molar refractivity (Wildman–Crippen MR) is 71.8 cm³/mol. The van der Waals surface area contributed by atoms with E-state index < -0.39 is 0 Å². The SMILES string of the molecule is COC[C@@H](C)C(=O)NCc1cccc(C)c1Br. The molecule has 0 spiro atoms. The first kappa shape index (κ1) is 14.2. The van der Waals surface area contributed by atoms with Crippen molar-refractivity contribution < 1.29 is 9.53 Å². The Morgan fingerprint density at radius 3 is 2.88 bits per heavy atom. The number of halogens is 1. The number of aryl methyl sites for hydroxylation is 1. The molecule has 0 aliphatic rings. The zero-order valence-electron chi connectivity index (χ0n) is 10.4. The lowest BCUT2D eigenvalue weighted by Crippen LogP contribution is -2.31. The van der Waals surface area contributed by atoms with Gasteiger partial charge in [-0.3, -0.25) is 4.79 Å². The first-order valence-electron chi connectivity index (χ1n) is 5.57. The van der Waals surface area contributed by atoms with Crippen molar-refractivity contribution >= 4 is 21.8 Å². The smallest absolute Gasteiger partial charge is 0.225 e. The molecule has 0 aromatic heterocycles. The van der Waals surface area contributed by atoms with Crippen LogP contribution in [0.1, 0.15) is 18.1 Å². The van der Waals surface area contributed by atoms with E-state index in [0.717, 1.165) is 10.0 Å². The molecular weight excluding hydrogens is 282 g/mol. The number of ether oxygens (including phenoxy) is 1. The van der Waals surface area contributed by atoms with Crippen LogP contribution < -0.4 is 5.32 Å². The third kappa shape index (κ3) is 4.13. The molecule has 3 nitrogen and oxygen atoms in total. The van der Waals surface area contributed by atoms with Gasteiger partial charge in [0.25, 0.3) is 0 Å². The van der Waals surface area contributed by atoms with Gasteiger partial charge in [-0.15, -0.1) is 0 Å². The fourth-order valence-corrected chi connectivity index (χ4v) is 1.93. The molecule has 0 unspecified atom stereocenters. The number of hydrogen-bond donors (Lipinski definition) is 1. The molecule has 0 fully saturated rings. The monoisotopic (exact) mass is 299 g/mol. The maximum atomic E-state index is 11.7. The van der Waals surface area contributed by atoms with Crippen molar-refractivity contribution in [3.05, 3.63) is 33.8 Å². The first-order chi connectivity index (χ1) is 8.06. The summed E-state index contributed by atoms with van der Waals surface area (Å²) in [5.74, 6) is -0.108. The van der Waals surface area contributed by atoms with E-state index in [2.05, 4.69) is 21.2 Å². The van der Waals surface area contributed by atoms with Crippen molar-refractivity contribution in [3.8, 4) is 0 Å². The predicted octanol–water partition coefficient (Wildman–Crippen LogP) is 2.66. The normalized spacial score (nSPS) is 12.2. The van der Waals surface area contributed by atoms with Crippen LogP contribution >= 0.6 is 15.9 Å². The minimum absolute atomic E-state index is 0.0141. The summed E-state index contributed by atoms with van der Waals surface area (Å²) < 4.78 is 6.00. The van der Waals surface area contributed by atoms with Gasteiger partial charge in [0.1, 0.15) is 0 Å². The molecule has 1 atom stereocenters. The number of carbonyl (C=O) groups is 1. The summed E-state index contributed by atoms with van der Waals surface area (Å²) in [6.45, 7) is 4.86. The molecule has 0 saturated carbocycles. The molecule has 0 saturated heterocycles. The number of hydrogen-bond acceptors (Lipinski definition) is 2. The minimum Gasteiger partial charge on any atom is -0.384 e. The van der Waals surface area contributed by atoms with Crippen LogP contribution in [0.2, 0.25) is 0 Å². The van der Waals surface area contributed by atoms with E-state index in [1.807, 2.05) is 32.0 Å². The van der Waals surface area contributed by atoms with E-state index in [4.69, 9.17) is 4.74 Å². The van der Waals surface area contributed by atoms with E-state index in [1.165, 1.54) is 5.56 Å². The average molecular weight is 300 g/mol. The van der Waals surface area contributed by atoms with Gasteiger partial charge in [-0.25, -0.2) is 0 Å². The molecule has 0 radical (unpaired) electrons. The topological polar surface area (TPSA) is 38.3 Å². The van der Waals surface area contributed by atoms with Crippen LogP contribution in [-0.2, 0) is 16.1 Å². The zero-order chi connectivity index (χ0) is 12.8. The van der Waals surface area contributed by atoms with Crippen molar-refractivity contribution in [2.75, 3.05) is 13.7 Å². The average Bonchev–Trinajstić information content (AvgIpc) is 2.31. The fraction of sp³-hybridized carbons (Fsp3) is 0.462. The van der Waals surface area contributed by atoms with Crippen molar-refractivity contribution in [3.63, 3.8) is 0 Å². The Balaban J connectivity index is 2.56. The van der Waals surface area contributed by atoms with E-state index in [0.29, 0.717) is 13.2 Å². The van der Waals surface area contributed by atoms with Gasteiger partial charge in [-0.2, -0.15) is 0 Å². The van der Waals surface area contributed by atoms with Gasteiger partial charge in [0.2, 0.25) is 5.91 Å². The van der Waals surface area contributed by atoms with Crippen LogP contribution in [0.4, 0.5) is 0 Å². The van der Waals surface area contributed by atoms with E-state index in [9.17, 15) is 4.79 Å². The van der Waals surface area contributed by atoms with Crippen molar-refractivity contribution in [2.45, 2.75) is 20.4 Å². The van der Waals surface area contributed by atoms with Crippen LogP contribution in [-0.4, -0.2) is 19.6 Å². The van der Waals surface area contributed by atoms with Crippen molar-refractivity contribution in [1.82, 2.24) is 5.32 Å². The Morgan fingerprint density at radius 1 is 1.53 bits per heavy atom. The molecule has 1 aromatic carbocycles. The molecule has 4 heteroatoms. The molecule has 0 aliphatic heterocycles. The molecule has 1 aromatic rings. The van der Waals surface area contributed by atoms with Crippen LogP contribution in [0, 0.1) is 12.8 Å². The Bertz CT molecular complexity index is 393. The molecular formula is C13H18BrNO2. The lowest BCUT2D eigenvalue weighted by molar-refractivity contribution is -0.126. The van der Waals surface area contributed by atoms with Crippen LogP contribution in [0.5, 0.6) is 0 Å². The summed E-state index contributed by atoms with van der Waals surface area (Å²) in [6, 6.07) is 6.02. The van der Waals surface area contributed by atoms with Gasteiger partial charge in [-0.1, -0.05) is 41.1 Å². The molecule has 0 heterocycles. The Morgan fingerprint density at radius 2 is 2.24 bits per heavy atom. The van der Waals surface area contributed by atoms with Gasteiger partial charge >= 0.3 is 0 Å². The van der Waals surface area contributed by atoms with E-state index in [-0.39, 0.29) is 11.8 Å². The standard InChI is InChI=1S/C13H18BrNO2/c1-9-5-4-6-11(12(9)14)7-15-13(16)10(2)8-17-3/h4-6,10H,7-8H2,1-3H3,(H,15,16)/t10-/m1/s1. The number of benzene rings is 1. The largest absolute Gasteiger partial charge is 0.384 e. The highest BCUT2D eigenvalue weighted by Gasteiger charge is 2.12. The number of amides is 1. The minimum atomic E-state index is -0.122. The Labute approximate surface area is 111 Å². The summed E-state index contributed by atoms with van der Waals surface area (Å²) in [5, 5.41) is 2.90. The van der Waals surface area contributed by atoms with E-state index in [1.54, 1.807) is 7.11 Å². The van der Waals surface area contributed by atoms with Gasteiger partial charge in [-0.05, 0) is 18.1 Å².